The van der Waals surface area contributed by atoms with Gasteiger partial charge < -0.3 is 10.5 Å². The molecule has 3 heteroatoms. The molecule has 0 aromatic heterocycles. The molecule has 0 spiro atoms. The smallest absolute Gasteiger partial charge is 0.0594 e. The molecule has 0 bridgehead atoms. The Morgan fingerprint density at radius 2 is 2.09 bits per heavy atom. The monoisotopic (exact) mass is 158 g/mol. The summed E-state index contributed by atoms with van der Waals surface area (Å²) in [7, 11) is 0. The van der Waals surface area contributed by atoms with Crippen molar-refractivity contribution < 1.29 is 4.74 Å². The molecule has 1 saturated heterocycles. The molecule has 1 rings (SSSR count). The van der Waals surface area contributed by atoms with Gasteiger partial charge in [0.25, 0.3) is 0 Å². The second-order valence-corrected chi connectivity index (χ2v) is 3.07. The first-order valence-electron chi connectivity index (χ1n) is 4.36. The highest BCUT2D eigenvalue weighted by Crippen LogP contribution is 2.05. The molecule has 66 valence electrons. The van der Waals surface area contributed by atoms with E-state index in [2.05, 4.69) is 11.8 Å². The van der Waals surface area contributed by atoms with Crippen molar-refractivity contribution in [2.24, 2.45) is 5.73 Å². The number of hydrogen-bond acceptors (Lipinski definition) is 3. The van der Waals surface area contributed by atoms with E-state index in [0.717, 1.165) is 39.3 Å². The van der Waals surface area contributed by atoms with Crippen molar-refractivity contribution in [2.45, 2.75) is 19.4 Å². The van der Waals surface area contributed by atoms with E-state index in [4.69, 9.17) is 10.5 Å². The Labute approximate surface area is 68.5 Å². The fourth-order valence-electron chi connectivity index (χ4n) is 1.44. The molecule has 0 aromatic carbocycles. The van der Waals surface area contributed by atoms with Crippen molar-refractivity contribution in [2.75, 3.05) is 32.8 Å². The van der Waals surface area contributed by atoms with Gasteiger partial charge in [-0.1, -0.05) is 0 Å². The van der Waals surface area contributed by atoms with Crippen molar-refractivity contribution in [1.29, 1.82) is 0 Å². The third kappa shape index (κ3) is 2.77. The molecule has 0 amide bonds. The minimum atomic E-state index is 0.629. The molecule has 2 N–H and O–H groups in total. The van der Waals surface area contributed by atoms with Crippen LogP contribution < -0.4 is 5.73 Å². The lowest BCUT2D eigenvalue weighted by atomic mass is 10.2. The van der Waals surface area contributed by atoms with Crippen molar-refractivity contribution in [3.8, 4) is 0 Å². The number of nitrogens with two attached hydrogens (primary N) is 1. The molecule has 0 aliphatic carbocycles. The minimum absolute atomic E-state index is 0.629. The Morgan fingerprint density at radius 3 is 2.64 bits per heavy atom. The largest absolute Gasteiger partial charge is 0.379 e. The van der Waals surface area contributed by atoms with Gasteiger partial charge >= 0.3 is 0 Å². The van der Waals surface area contributed by atoms with E-state index in [1.54, 1.807) is 0 Å². The zero-order valence-corrected chi connectivity index (χ0v) is 7.25. The molecule has 11 heavy (non-hydrogen) atoms. The van der Waals surface area contributed by atoms with E-state index in [9.17, 15) is 0 Å². The Morgan fingerprint density at radius 1 is 1.45 bits per heavy atom. The molecule has 1 heterocycles. The van der Waals surface area contributed by atoms with Crippen molar-refractivity contribution in [1.82, 2.24) is 4.90 Å². The summed E-state index contributed by atoms with van der Waals surface area (Å²) >= 11 is 0. The van der Waals surface area contributed by atoms with Gasteiger partial charge in [-0.3, -0.25) is 4.90 Å². The van der Waals surface area contributed by atoms with E-state index < -0.39 is 0 Å². The third-order valence-corrected chi connectivity index (χ3v) is 2.25. The van der Waals surface area contributed by atoms with Crippen LogP contribution in [0.2, 0.25) is 0 Å². The Bertz CT molecular complexity index is 102. The van der Waals surface area contributed by atoms with Crippen LogP contribution in [-0.4, -0.2) is 43.8 Å². The Kier molecular flexibility index (Phi) is 3.83. The third-order valence-electron chi connectivity index (χ3n) is 2.25. The van der Waals surface area contributed by atoms with Gasteiger partial charge in [0.2, 0.25) is 0 Å². The standard InChI is InChI=1S/C8H18N2O/c1-8(2-3-9)10-4-6-11-7-5-10/h8H,2-7,9H2,1H3/t8-/m0/s1. The molecule has 0 saturated carbocycles. The molecule has 0 radical (unpaired) electrons. The summed E-state index contributed by atoms with van der Waals surface area (Å²) in [5, 5.41) is 0. The highest BCUT2D eigenvalue weighted by Gasteiger charge is 2.15. The highest BCUT2D eigenvalue weighted by molar-refractivity contribution is 4.69. The van der Waals surface area contributed by atoms with Gasteiger partial charge in [-0.2, -0.15) is 0 Å². The summed E-state index contributed by atoms with van der Waals surface area (Å²) in [5.74, 6) is 0. The van der Waals surface area contributed by atoms with Crippen LogP contribution in [0.4, 0.5) is 0 Å². The molecule has 1 fully saturated rings. The summed E-state index contributed by atoms with van der Waals surface area (Å²) < 4.78 is 5.26. The van der Waals surface area contributed by atoms with Crippen LogP contribution in [0.1, 0.15) is 13.3 Å². The van der Waals surface area contributed by atoms with Crippen LogP contribution in [0.5, 0.6) is 0 Å². The average Bonchev–Trinajstić information content (AvgIpc) is 2.07. The highest BCUT2D eigenvalue weighted by atomic mass is 16.5. The summed E-state index contributed by atoms with van der Waals surface area (Å²) in [6.07, 6.45) is 1.10. The number of nitrogens with zero attached hydrogens (tertiary/aromatic N) is 1. The van der Waals surface area contributed by atoms with Gasteiger partial charge in [0.1, 0.15) is 0 Å². The lowest BCUT2D eigenvalue weighted by Crippen LogP contribution is -2.42. The second kappa shape index (κ2) is 4.70. The molecule has 0 unspecified atom stereocenters. The molecular weight excluding hydrogens is 140 g/mol. The predicted octanol–water partition coefficient (Wildman–Crippen LogP) is 0.0559. The van der Waals surface area contributed by atoms with Gasteiger partial charge in [0, 0.05) is 19.1 Å². The zero-order chi connectivity index (χ0) is 8.10. The van der Waals surface area contributed by atoms with Crippen LogP contribution in [0, 0.1) is 0 Å². The van der Waals surface area contributed by atoms with E-state index in [1.165, 1.54) is 0 Å². The van der Waals surface area contributed by atoms with Crippen molar-refractivity contribution in [3.63, 3.8) is 0 Å². The summed E-state index contributed by atoms with van der Waals surface area (Å²) in [6.45, 7) is 6.93. The number of rotatable bonds is 3. The fraction of sp³-hybridized carbons (Fsp3) is 1.00. The number of morpholine rings is 1. The maximum atomic E-state index is 5.48. The molecule has 1 aliphatic heterocycles. The quantitative estimate of drug-likeness (QED) is 0.631. The van der Waals surface area contributed by atoms with Crippen LogP contribution in [0.25, 0.3) is 0 Å². The van der Waals surface area contributed by atoms with Gasteiger partial charge in [-0.15, -0.1) is 0 Å². The van der Waals surface area contributed by atoms with Gasteiger partial charge in [-0.25, -0.2) is 0 Å². The van der Waals surface area contributed by atoms with Crippen molar-refractivity contribution in [3.05, 3.63) is 0 Å². The van der Waals surface area contributed by atoms with E-state index in [-0.39, 0.29) is 0 Å². The Balaban J connectivity index is 2.21. The van der Waals surface area contributed by atoms with Gasteiger partial charge in [0.15, 0.2) is 0 Å². The SMILES string of the molecule is C[C@@H](CCN)N1CCOCC1. The van der Waals surface area contributed by atoms with E-state index in [1.807, 2.05) is 0 Å². The zero-order valence-electron chi connectivity index (χ0n) is 7.25. The molecule has 3 nitrogen and oxygen atoms in total. The van der Waals surface area contributed by atoms with Gasteiger partial charge in [-0.05, 0) is 19.9 Å². The van der Waals surface area contributed by atoms with Gasteiger partial charge in [0.05, 0.1) is 13.2 Å². The summed E-state index contributed by atoms with van der Waals surface area (Å²) in [4.78, 5) is 2.44. The normalized spacial score (nSPS) is 23.5. The number of ether oxygens (including phenoxy) is 1. The summed E-state index contributed by atoms with van der Waals surface area (Å²) in [6, 6.07) is 0.629. The topological polar surface area (TPSA) is 38.5 Å². The lowest BCUT2D eigenvalue weighted by molar-refractivity contribution is 0.0191. The van der Waals surface area contributed by atoms with Crippen LogP contribution in [-0.2, 0) is 4.74 Å². The summed E-state index contributed by atoms with van der Waals surface area (Å²) in [5.41, 5.74) is 5.48. The van der Waals surface area contributed by atoms with Crippen LogP contribution >= 0.6 is 0 Å². The van der Waals surface area contributed by atoms with E-state index in [0.29, 0.717) is 6.04 Å². The van der Waals surface area contributed by atoms with Crippen LogP contribution in [0.15, 0.2) is 0 Å². The second-order valence-electron chi connectivity index (χ2n) is 3.07. The molecule has 1 atom stereocenters. The number of hydrogen-bond donors (Lipinski definition) is 1. The molecule has 0 aromatic rings. The molecular formula is C8H18N2O. The van der Waals surface area contributed by atoms with E-state index >= 15 is 0 Å². The minimum Gasteiger partial charge on any atom is -0.379 e. The average molecular weight is 158 g/mol. The first-order valence-corrected chi connectivity index (χ1v) is 4.36. The first-order chi connectivity index (χ1) is 5.34. The maximum absolute atomic E-state index is 5.48. The first kappa shape index (κ1) is 8.97. The Hall–Kier alpha value is -0.120. The maximum Gasteiger partial charge on any atom is 0.0594 e. The fourth-order valence-corrected chi connectivity index (χ4v) is 1.44. The van der Waals surface area contributed by atoms with Crippen LogP contribution in [0.3, 0.4) is 0 Å². The van der Waals surface area contributed by atoms with Crippen molar-refractivity contribution >= 4 is 0 Å². The predicted molar refractivity (Wildman–Crippen MR) is 45.5 cm³/mol. The lowest BCUT2D eigenvalue weighted by Gasteiger charge is -2.31. The molecule has 1 aliphatic rings.